The number of rotatable bonds is 14. The maximum Gasteiger partial charge on any atom is 0.343 e. The molecule has 1 atom stereocenters. The average molecular weight is 543 g/mol. The zero-order valence-electron chi connectivity index (χ0n) is 24.1. The highest BCUT2D eigenvalue weighted by Gasteiger charge is 2.28. The molecule has 1 aliphatic rings. The van der Waals surface area contributed by atoms with Crippen LogP contribution in [-0.4, -0.2) is 25.2 Å². The number of benzene rings is 3. The van der Waals surface area contributed by atoms with Gasteiger partial charge >= 0.3 is 11.9 Å². The number of hydrogen-bond donors (Lipinski definition) is 0. The fraction of sp³-hybridized carbons (Fsp3) is 0.429. The third-order valence-electron chi connectivity index (χ3n) is 7.84. The summed E-state index contributed by atoms with van der Waals surface area (Å²) in [6, 6.07) is 21.9. The SMILES string of the molecule is CCCCCC1CC(COc2ccc(-c3ccc(C(=O)Oc4ccc(C(=O)OC[C@@H](C)CC)cc4)cc3)cc2)C1. The van der Waals surface area contributed by atoms with E-state index >= 15 is 0 Å². The summed E-state index contributed by atoms with van der Waals surface area (Å²) in [6.07, 6.45) is 8.93. The normalized spacial score (nSPS) is 17.0. The minimum atomic E-state index is -0.453. The standard InChI is InChI=1S/C35H42O5/c1-4-6-7-8-26-21-27(22-26)24-38-32-17-13-29(14-18-32)28-9-11-31(12-10-28)35(37)40-33-19-15-30(16-20-33)34(36)39-23-25(3)5-2/h9-20,25-27H,4-8,21-24H2,1-3H3/t25-,26?,27?/m0/s1. The van der Waals surface area contributed by atoms with Crippen LogP contribution in [0.5, 0.6) is 11.5 Å². The lowest BCUT2D eigenvalue weighted by atomic mass is 9.73. The number of ether oxygens (including phenoxy) is 3. The summed E-state index contributed by atoms with van der Waals surface area (Å²) in [5, 5.41) is 0. The van der Waals surface area contributed by atoms with E-state index < -0.39 is 5.97 Å². The Balaban J connectivity index is 1.22. The lowest BCUT2D eigenvalue weighted by Crippen LogP contribution is -2.28. The van der Waals surface area contributed by atoms with E-state index in [0.29, 0.717) is 35.3 Å². The summed E-state index contributed by atoms with van der Waals surface area (Å²) in [7, 11) is 0. The van der Waals surface area contributed by atoms with Crippen molar-refractivity contribution in [3.05, 3.63) is 83.9 Å². The van der Waals surface area contributed by atoms with Gasteiger partial charge in [0.05, 0.1) is 24.3 Å². The van der Waals surface area contributed by atoms with Gasteiger partial charge in [0, 0.05) is 0 Å². The van der Waals surface area contributed by atoms with Crippen LogP contribution in [-0.2, 0) is 4.74 Å². The van der Waals surface area contributed by atoms with Crippen LogP contribution in [0.15, 0.2) is 72.8 Å². The Bertz CT molecular complexity index is 1210. The van der Waals surface area contributed by atoms with Crippen molar-refractivity contribution in [3.8, 4) is 22.6 Å². The molecular weight excluding hydrogens is 500 g/mol. The summed E-state index contributed by atoms with van der Waals surface area (Å²) < 4.78 is 16.9. The van der Waals surface area contributed by atoms with Crippen molar-refractivity contribution < 1.29 is 23.8 Å². The van der Waals surface area contributed by atoms with E-state index in [0.717, 1.165) is 35.8 Å². The summed E-state index contributed by atoms with van der Waals surface area (Å²) in [5.74, 6) is 2.35. The molecule has 1 saturated carbocycles. The van der Waals surface area contributed by atoms with E-state index in [1.54, 1.807) is 36.4 Å². The Labute approximate surface area is 238 Å². The zero-order valence-corrected chi connectivity index (χ0v) is 24.1. The molecule has 0 aromatic heterocycles. The van der Waals surface area contributed by atoms with E-state index in [2.05, 4.69) is 13.8 Å². The fourth-order valence-corrected chi connectivity index (χ4v) is 4.93. The summed E-state index contributed by atoms with van der Waals surface area (Å²) >= 11 is 0. The molecule has 0 N–H and O–H groups in total. The van der Waals surface area contributed by atoms with Gasteiger partial charge < -0.3 is 14.2 Å². The Morgan fingerprint density at radius 2 is 1.32 bits per heavy atom. The van der Waals surface area contributed by atoms with Gasteiger partial charge in [-0.1, -0.05) is 77.1 Å². The third-order valence-corrected chi connectivity index (χ3v) is 7.84. The molecule has 1 aliphatic carbocycles. The first-order chi connectivity index (χ1) is 19.4. The molecule has 0 aliphatic heterocycles. The Morgan fingerprint density at radius 1 is 0.750 bits per heavy atom. The van der Waals surface area contributed by atoms with Crippen LogP contribution in [0.3, 0.4) is 0 Å². The van der Waals surface area contributed by atoms with Gasteiger partial charge in [-0.3, -0.25) is 0 Å². The first kappa shape index (κ1) is 29.4. The molecule has 0 bridgehead atoms. The van der Waals surface area contributed by atoms with Gasteiger partial charge in [-0.15, -0.1) is 0 Å². The van der Waals surface area contributed by atoms with Crippen molar-refractivity contribution >= 4 is 11.9 Å². The minimum Gasteiger partial charge on any atom is -0.493 e. The van der Waals surface area contributed by atoms with Crippen molar-refractivity contribution in [2.75, 3.05) is 13.2 Å². The molecule has 0 spiro atoms. The van der Waals surface area contributed by atoms with Crippen LogP contribution in [0.2, 0.25) is 0 Å². The first-order valence-electron chi connectivity index (χ1n) is 14.8. The van der Waals surface area contributed by atoms with E-state index in [1.165, 1.54) is 38.5 Å². The highest BCUT2D eigenvalue weighted by Crippen LogP contribution is 2.37. The number of unbranched alkanes of at least 4 members (excludes halogenated alkanes) is 2. The number of carbonyl (C=O) groups excluding carboxylic acids is 2. The molecule has 212 valence electrons. The molecule has 5 heteroatoms. The predicted octanol–water partition coefficient (Wildman–Crippen LogP) is 8.76. The molecule has 3 aromatic carbocycles. The molecule has 0 amide bonds. The quantitative estimate of drug-likeness (QED) is 0.116. The third kappa shape index (κ3) is 8.45. The molecule has 0 radical (unpaired) electrons. The molecule has 0 saturated heterocycles. The molecular formula is C35H42O5. The van der Waals surface area contributed by atoms with E-state index in [1.807, 2.05) is 43.3 Å². The van der Waals surface area contributed by atoms with Gasteiger partial charge in [-0.05, 0) is 90.3 Å². The Kier molecular flexibility index (Phi) is 10.8. The lowest BCUT2D eigenvalue weighted by molar-refractivity contribution is 0.0447. The average Bonchev–Trinajstić information content (AvgIpc) is 2.97. The summed E-state index contributed by atoms with van der Waals surface area (Å²) in [4.78, 5) is 24.8. The van der Waals surface area contributed by atoms with E-state index in [-0.39, 0.29) is 5.97 Å². The molecule has 40 heavy (non-hydrogen) atoms. The Morgan fingerprint density at radius 3 is 1.95 bits per heavy atom. The number of carbonyl (C=O) groups is 2. The second-order valence-electron chi connectivity index (χ2n) is 11.1. The van der Waals surface area contributed by atoms with Gasteiger partial charge in [0.1, 0.15) is 11.5 Å². The van der Waals surface area contributed by atoms with Crippen molar-refractivity contribution in [2.45, 2.75) is 65.7 Å². The molecule has 0 unspecified atom stereocenters. The largest absolute Gasteiger partial charge is 0.493 e. The second-order valence-corrected chi connectivity index (χ2v) is 11.1. The van der Waals surface area contributed by atoms with Crippen LogP contribution >= 0.6 is 0 Å². The molecule has 5 nitrogen and oxygen atoms in total. The smallest absolute Gasteiger partial charge is 0.343 e. The highest BCUT2D eigenvalue weighted by molar-refractivity contribution is 5.92. The maximum absolute atomic E-state index is 12.6. The Hall–Kier alpha value is -3.60. The summed E-state index contributed by atoms with van der Waals surface area (Å²) in [5.41, 5.74) is 2.95. The first-order valence-corrected chi connectivity index (χ1v) is 14.8. The van der Waals surface area contributed by atoms with Crippen LogP contribution in [0.1, 0.15) is 86.4 Å². The molecule has 4 rings (SSSR count). The van der Waals surface area contributed by atoms with Crippen LogP contribution in [0, 0.1) is 17.8 Å². The number of esters is 2. The predicted molar refractivity (Wildman–Crippen MR) is 159 cm³/mol. The number of hydrogen-bond acceptors (Lipinski definition) is 5. The van der Waals surface area contributed by atoms with Crippen LogP contribution in [0.4, 0.5) is 0 Å². The van der Waals surface area contributed by atoms with Crippen molar-refractivity contribution in [3.63, 3.8) is 0 Å². The fourth-order valence-electron chi connectivity index (χ4n) is 4.93. The molecule has 1 fully saturated rings. The highest BCUT2D eigenvalue weighted by atomic mass is 16.5. The monoisotopic (exact) mass is 542 g/mol. The summed E-state index contributed by atoms with van der Waals surface area (Å²) in [6.45, 7) is 7.54. The van der Waals surface area contributed by atoms with E-state index in [9.17, 15) is 9.59 Å². The van der Waals surface area contributed by atoms with Crippen molar-refractivity contribution in [2.24, 2.45) is 17.8 Å². The van der Waals surface area contributed by atoms with E-state index in [4.69, 9.17) is 14.2 Å². The van der Waals surface area contributed by atoms with Crippen molar-refractivity contribution in [1.82, 2.24) is 0 Å². The molecule has 0 heterocycles. The van der Waals surface area contributed by atoms with Crippen LogP contribution < -0.4 is 9.47 Å². The van der Waals surface area contributed by atoms with Crippen LogP contribution in [0.25, 0.3) is 11.1 Å². The van der Waals surface area contributed by atoms with Gasteiger partial charge in [0.15, 0.2) is 0 Å². The minimum absolute atomic E-state index is 0.318. The zero-order chi connectivity index (χ0) is 28.3. The van der Waals surface area contributed by atoms with Gasteiger partial charge in [-0.25, -0.2) is 9.59 Å². The molecule has 3 aromatic rings. The maximum atomic E-state index is 12.6. The lowest BCUT2D eigenvalue weighted by Gasteiger charge is -2.35. The van der Waals surface area contributed by atoms with Gasteiger partial charge in [0.25, 0.3) is 0 Å². The van der Waals surface area contributed by atoms with Crippen molar-refractivity contribution in [1.29, 1.82) is 0 Å². The second kappa shape index (κ2) is 14.7. The van der Waals surface area contributed by atoms with Gasteiger partial charge in [-0.2, -0.15) is 0 Å². The topological polar surface area (TPSA) is 61.8 Å². The van der Waals surface area contributed by atoms with Gasteiger partial charge in [0.2, 0.25) is 0 Å².